The normalized spacial score (nSPS) is 28.4. The minimum absolute atomic E-state index is 0.217. The van der Waals surface area contributed by atoms with E-state index < -0.39 is 0 Å². The van der Waals surface area contributed by atoms with Gasteiger partial charge in [-0.15, -0.1) is 0 Å². The highest BCUT2D eigenvalue weighted by molar-refractivity contribution is 14.2. The van der Waals surface area contributed by atoms with Gasteiger partial charge in [-0.1, -0.05) is 59.0 Å². The number of amides is 1. The van der Waals surface area contributed by atoms with Gasteiger partial charge >= 0.3 is 0 Å². The van der Waals surface area contributed by atoms with Crippen LogP contribution in [0.15, 0.2) is 0 Å². The SMILES string of the molecule is CC1(C)CCCC(=O)NC1C(I)I. The summed E-state index contributed by atoms with van der Waals surface area (Å²) < 4.78 is 0.465. The van der Waals surface area contributed by atoms with E-state index in [1.165, 1.54) is 0 Å². The number of halogens is 2. The van der Waals surface area contributed by atoms with Crippen LogP contribution in [-0.4, -0.2) is 13.9 Å². The Balaban J connectivity index is 2.78. The molecule has 13 heavy (non-hydrogen) atoms. The average molecular weight is 407 g/mol. The molecule has 76 valence electrons. The lowest BCUT2D eigenvalue weighted by molar-refractivity contribution is -0.121. The average Bonchev–Trinajstić information content (AvgIpc) is 2.10. The minimum atomic E-state index is 0.217. The minimum Gasteiger partial charge on any atom is -0.351 e. The number of rotatable bonds is 1. The topological polar surface area (TPSA) is 29.1 Å². The fourth-order valence-corrected chi connectivity index (χ4v) is 4.01. The molecule has 1 fully saturated rings. The van der Waals surface area contributed by atoms with Gasteiger partial charge in [0.1, 0.15) is 0 Å². The van der Waals surface area contributed by atoms with Crippen LogP contribution >= 0.6 is 45.2 Å². The van der Waals surface area contributed by atoms with Crippen molar-refractivity contribution in [2.24, 2.45) is 5.41 Å². The van der Waals surface area contributed by atoms with E-state index in [0.717, 1.165) is 12.8 Å². The van der Waals surface area contributed by atoms with Crippen LogP contribution in [-0.2, 0) is 4.79 Å². The standard InChI is InChI=1S/C9H15I2NO/c1-9(2)5-3-4-6(13)12-7(9)8(10)11/h7-8H,3-5H2,1-2H3,(H,12,13). The van der Waals surface area contributed by atoms with Gasteiger partial charge in [-0.05, 0) is 18.3 Å². The highest BCUT2D eigenvalue weighted by Gasteiger charge is 2.36. The highest BCUT2D eigenvalue weighted by atomic mass is 127. The molecule has 0 spiro atoms. The van der Waals surface area contributed by atoms with Crippen molar-refractivity contribution in [2.45, 2.75) is 41.1 Å². The number of carbonyl (C=O) groups is 1. The van der Waals surface area contributed by atoms with Gasteiger partial charge in [-0.2, -0.15) is 0 Å². The van der Waals surface area contributed by atoms with Crippen LogP contribution in [0.4, 0.5) is 0 Å². The highest BCUT2D eigenvalue weighted by Crippen LogP contribution is 2.36. The first kappa shape index (κ1) is 12.0. The summed E-state index contributed by atoms with van der Waals surface area (Å²) in [6, 6.07) is 0.309. The summed E-state index contributed by atoms with van der Waals surface area (Å²) in [5.74, 6) is 0.217. The van der Waals surface area contributed by atoms with Gasteiger partial charge in [0, 0.05) is 6.42 Å². The van der Waals surface area contributed by atoms with Gasteiger partial charge in [-0.3, -0.25) is 4.79 Å². The first-order chi connectivity index (χ1) is 5.93. The van der Waals surface area contributed by atoms with Gasteiger partial charge in [-0.25, -0.2) is 0 Å². The second kappa shape index (κ2) is 4.63. The van der Waals surface area contributed by atoms with Crippen molar-refractivity contribution in [3.8, 4) is 0 Å². The van der Waals surface area contributed by atoms with Crippen molar-refractivity contribution >= 4 is 51.1 Å². The van der Waals surface area contributed by atoms with Crippen LogP contribution in [0.1, 0.15) is 33.1 Å². The molecule has 1 heterocycles. The maximum Gasteiger partial charge on any atom is 0.220 e. The van der Waals surface area contributed by atoms with Crippen molar-refractivity contribution in [2.75, 3.05) is 0 Å². The first-order valence-corrected chi connectivity index (χ1v) is 7.00. The van der Waals surface area contributed by atoms with Gasteiger partial charge in [0.25, 0.3) is 0 Å². The summed E-state index contributed by atoms with van der Waals surface area (Å²) in [6.07, 6.45) is 2.86. The molecule has 1 rings (SSSR count). The van der Waals surface area contributed by atoms with Gasteiger partial charge < -0.3 is 5.32 Å². The molecule has 0 radical (unpaired) electrons. The third-order valence-electron chi connectivity index (χ3n) is 2.64. The molecule has 0 saturated carbocycles. The second-order valence-electron chi connectivity index (χ2n) is 4.22. The molecular formula is C9H15I2NO. The van der Waals surface area contributed by atoms with Gasteiger partial charge in [0.2, 0.25) is 5.91 Å². The Morgan fingerprint density at radius 1 is 1.54 bits per heavy atom. The Labute approximate surface area is 107 Å². The maximum absolute atomic E-state index is 11.4. The predicted octanol–water partition coefficient (Wildman–Crippen LogP) is 2.88. The Hall–Kier alpha value is 0.930. The van der Waals surface area contributed by atoms with Crippen molar-refractivity contribution < 1.29 is 4.79 Å². The van der Waals surface area contributed by atoms with Crippen molar-refractivity contribution in [3.63, 3.8) is 0 Å². The van der Waals surface area contributed by atoms with Crippen LogP contribution < -0.4 is 5.32 Å². The molecule has 1 N–H and O–H groups in total. The van der Waals surface area contributed by atoms with E-state index in [-0.39, 0.29) is 11.3 Å². The summed E-state index contributed by atoms with van der Waals surface area (Å²) in [6.45, 7) is 4.49. The molecule has 0 aromatic carbocycles. The Morgan fingerprint density at radius 3 is 2.69 bits per heavy atom. The quantitative estimate of drug-likeness (QED) is 0.526. The molecule has 1 aliphatic heterocycles. The first-order valence-electron chi connectivity index (χ1n) is 4.51. The molecule has 0 aromatic rings. The van der Waals surface area contributed by atoms with E-state index in [1.54, 1.807) is 0 Å². The molecule has 2 nitrogen and oxygen atoms in total. The van der Waals surface area contributed by atoms with E-state index in [1.807, 2.05) is 0 Å². The zero-order chi connectivity index (χ0) is 10.1. The smallest absolute Gasteiger partial charge is 0.220 e. The van der Waals surface area contributed by atoms with Crippen molar-refractivity contribution in [3.05, 3.63) is 0 Å². The number of nitrogens with one attached hydrogen (secondary N) is 1. The number of alkyl halides is 2. The summed E-state index contributed by atoms with van der Waals surface area (Å²) in [4.78, 5) is 11.4. The molecular weight excluding hydrogens is 392 g/mol. The second-order valence-corrected chi connectivity index (χ2v) is 9.29. The van der Waals surface area contributed by atoms with Crippen molar-refractivity contribution in [1.29, 1.82) is 0 Å². The Kier molecular flexibility index (Phi) is 4.28. The van der Waals surface area contributed by atoms with Crippen LogP contribution in [0.3, 0.4) is 0 Å². The fraction of sp³-hybridized carbons (Fsp3) is 0.889. The molecule has 0 aromatic heterocycles. The molecule has 0 bridgehead atoms. The lowest BCUT2D eigenvalue weighted by atomic mass is 9.82. The number of hydrogen-bond acceptors (Lipinski definition) is 1. The molecule has 1 atom stereocenters. The number of hydrogen-bond donors (Lipinski definition) is 1. The van der Waals surface area contributed by atoms with Crippen LogP contribution in [0.2, 0.25) is 0 Å². The molecule has 4 heteroatoms. The van der Waals surface area contributed by atoms with E-state index in [4.69, 9.17) is 0 Å². The summed E-state index contributed by atoms with van der Waals surface area (Å²) in [7, 11) is 0. The lowest BCUT2D eigenvalue weighted by Crippen LogP contribution is -2.46. The lowest BCUT2D eigenvalue weighted by Gasteiger charge is -2.34. The molecule has 1 saturated heterocycles. The largest absolute Gasteiger partial charge is 0.351 e. The van der Waals surface area contributed by atoms with E-state index in [0.29, 0.717) is 14.4 Å². The van der Waals surface area contributed by atoms with Crippen LogP contribution in [0.5, 0.6) is 0 Å². The van der Waals surface area contributed by atoms with E-state index in [2.05, 4.69) is 64.3 Å². The Bertz CT molecular complexity index is 204. The third kappa shape index (κ3) is 3.21. The zero-order valence-corrected chi connectivity index (χ0v) is 12.3. The molecule has 1 amide bonds. The summed E-state index contributed by atoms with van der Waals surface area (Å²) >= 11 is 4.77. The predicted molar refractivity (Wildman–Crippen MR) is 71.4 cm³/mol. The van der Waals surface area contributed by atoms with E-state index >= 15 is 0 Å². The monoisotopic (exact) mass is 407 g/mol. The van der Waals surface area contributed by atoms with E-state index in [9.17, 15) is 4.79 Å². The number of carbonyl (C=O) groups excluding carboxylic acids is 1. The summed E-state index contributed by atoms with van der Waals surface area (Å²) in [5.41, 5.74) is 0.235. The maximum atomic E-state index is 11.4. The van der Waals surface area contributed by atoms with Gasteiger partial charge in [0.05, 0.1) is 7.97 Å². The summed E-state index contributed by atoms with van der Waals surface area (Å²) in [5, 5.41) is 3.11. The Morgan fingerprint density at radius 2 is 2.15 bits per heavy atom. The third-order valence-corrected chi connectivity index (χ3v) is 4.07. The van der Waals surface area contributed by atoms with Gasteiger partial charge in [0.15, 0.2) is 0 Å². The van der Waals surface area contributed by atoms with Crippen LogP contribution in [0.25, 0.3) is 0 Å². The van der Waals surface area contributed by atoms with Crippen LogP contribution in [0, 0.1) is 5.41 Å². The van der Waals surface area contributed by atoms with Crippen molar-refractivity contribution in [1.82, 2.24) is 5.32 Å². The molecule has 1 aliphatic rings. The molecule has 1 unspecified atom stereocenters. The molecule has 0 aliphatic carbocycles. The fourth-order valence-electron chi connectivity index (χ4n) is 1.71. The zero-order valence-electron chi connectivity index (χ0n) is 7.94.